The van der Waals surface area contributed by atoms with Crippen LogP contribution in [0.3, 0.4) is 0 Å². The Bertz CT molecular complexity index is 2310. The van der Waals surface area contributed by atoms with Crippen molar-refractivity contribution in [2.45, 2.75) is 190 Å². The third kappa shape index (κ3) is 33.6. The monoisotopic (exact) mass is 1190 g/mol. The number of aliphatic hydroxyl groups excluding tert-OH is 3. The van der Waals surface area contributed by atoms with E-state index in [-0.39, 0.29) is 37.3 Å². The fourth-order valence-corrected chi connectivity index (χ4v) is 10.8. The van der Waals surface area contributed by atoms with Gasteiger partial charge in [0.2, 0.25) is 0 Å². The lowest BCUT2D eigenvalue weighted by Crippen LogP contribution is -2.38. The number of aliphatic carboxylic acids is 1. The van der Waals surface area contributed by atoms with Crippen LogP contribution in [-0.4, -0.2) is 125 Å². The summed E-state index contributed by atoms with van der Waals surface area (Å²) in [5, 5.41) is 40.5. The van der Waals surface area contributed by atoms with Crippen molar-refractivity contribution < 1.29 is 81.3 Å². The van der Waals surface area contributed by atoms with Crippen LogP contribution in [0, 0.1) is 0 Å². The molecule has 2 heterocycles. The molecule has 0 amide bonds. The average molecular weight is 1190 g/mol. The Kier molecular flexibility index (Phi) is 38.1. The van der Waals surface area contributed by atoms with E-state index in [4.69, 9.17) is 39.8 Å². The predicted molar refractivity (Wildman–Crippen MR) is 308 cm³/mol. The molecule has 0 aliphatic carbocycles. The number of hydrogen-bond acceptors (Lipinski definition) is 19. The van der Waals surface area contributed by atoms with Crippen LogP contribution in [0.15, 0.2) is 102 Å². The van der Waals surface area contributed by atoms with Crippen molar-refractivity contribution in [3.05, 3.63) is 108 Å². The van der Waals surface area contributed by atoms with Gasteiger partial charge in [0.15, 0.2) is 12.3 Å². The fourth-order valence-electron chi connectivity index (χ4n) is 7.53. The molecule has 0 radical (unpaired) electrons. The van der Waals surface area contributed by atoms with Gasteiger partial charge in [-0.25, -0.2) is 13.9 Å². The number of allylic oxidation sites excluding steroid dienone is 13. The largest absolute Gasteiger partial charge is 0.481 e. The van der Waals surface area contributed by atoms with E-state index in [1.54, 1.807) is 18.2 Å². The minimum atomic E-state index is -5.57. The molecule has 1 aliphatic rings. The standard InChI is InChI=1S/C55H88N4O18P2S/c1-3-5-7-9-11-13-15-17-18-19-20-21-23-25-27-29-31-36-50(63)75-43(40-73-78(68,69)77-79(70,71)74-41-46-51(64)52(65)53(76-46)59-38-37-48(57)58-55(59)67)39-72-54(66)44(56)42-80-47(45(60)33-32-35-49(61)62)34-30-28-26-24-22-16-14-12-10-8-6-4-2/h11-14,17-18,20-22,24,26,28,30,34,37-38,43-47,51-53,60,64-65H,3-10,15-16,19,23,25,27,29,31-33,35-36,39-42,56H2,1-2H3,(H,61,62)(H,68,69)(H,70,71)(H2,57,58,67)/b13-11-,14-12-,18-17-,21-20-,24-22-,28-26+,34-30+/t43-,44+,45+,46-,47-,51-,52-,53-/m1/s1. The number of rotatable bonds is 45. The number of carbonyl (C=O) groups is 3. The number of nitrogens with zero attached hydrogens (tertiary/aromatic N) is 2. The molecule has 10 N–H and O–H groups in total. The number of esters is 2. The van der Waals surface area contributed by atoms with E-state index in [2.05, 4.69) is 71.8 Å². The molecule has 10 atom stereocenters. The molecule has 2 rings (SSSR count). The summed E-state index contributed by atoms with van der Waals surface area (Å²) in [6.07, 6.45) is 35.6. The summed E-state index contributed by atoms with van der Waals surface area (Å²) in [5.41, 5.74) is 10.8. The maximum atomic E-state index is 13.2. The van der Waals surface area contributed by atoms with Gasteiger partial charge in [-0.1, -0.05) is 137 Å². The molecular formula is C55H88N4O18P2S. The zero-order valence-electron chi connectivity index (χ0n) is 46.3. The lowest BCUT2D eigenvalue weighted by atomic mass is 10.1. The van der Waals surface area contributed by atoms with Crippen molar-refractivity contribution >= 4 is 51.1 Å². The highest BCUT2D eigenvalue weighted by molar-refractivity contribution is 8.00. The Morgan fingerprint density at radius 2 is 1.36 bits per heavy atom. The number of unbranched alkanes of at least 4 members (excludes halogenated alkanes) is 10. The van der Waals surface area contributed by atoms with E-state index in [9.17, 15) is 53.4 Å². The summed E-state index contributed by atoms with van der Waals surface area (Å²) in [6.45, 7) is 1.58. The molecule has 0 saturated carbocycles. The molecule has 0 bridgehead atoms. The van der Waals surface area contributed by atoms with Crippen molar-refractivity contribution in [2.24, 2.45) is 5.73 Å². The molecular weight excluding hydrogens is 1100 g/mol. The van der Waals surface area contributed by atoms with Gasteiger partial charge >= 0.3 is 39.2 Å². The van der Waals surface area contributed by atoms with Crippen LogP contribution in [0.25, 0.3) is 0 Å². The Labute approximate surface area is 475 Å². The Morgan fingerprint density at radius 1 is 0.775 bits per heavy atom. The zero-order chi connectivity index (χ0) is 59.0. The van der Waals surface area contributed by atoms with Crippen molar-refractivity contribution in [1.29, 1.82) is 0 Å². The maximum Gasteiger partial charge on any atom is 0.481 e. The molecule has 80 heavy (non-hydrogen) atoms. The van der Waals surface area contributed by atoms with Gasteiger partial charge in [-0.2, -0.15) is 9.29 Å². The topological polar surface area (TPSA) is 349 Å². The van der Waals surface area contributed by atoms with E-state index >= 15 is 0 Å². The molecule has 452 valence electrons. The third-order valence-corrected chi connectivity index (χ3v) is 16.0. The fraction of sp³-hybridized carbons (Fsp3) is 0.618. The van der Waals surface area contributed by atoms with Gasteiger partial charge in [-0.3, -0.25) is 28.0 Å². The second kappa shape index (κ2) is 42.5. The van der Waals surface area contributed by atoms with Crippen LogP contribution in [-0.2, 0) is 51.1 Å². The minimum Gasteiger partial charge on any atom is -0.481 e. The number of nitrogens with two attached hydrogens (primary N) is 2. The summed E-state index contributed by atoms with van der Waals surface area (Å²) in [7, 11) is -11.1. The second-order valence-corrected chi connectivity index (χ2v) is 23.2. The van der Waals surface area contributed by atoms with Crippen molar-refractivity contribution in [2.75, 3.05) is 31.3 Å². The number of phosphoric ester groups is 2. The van der Waals surface area contributed by atoms with Crippen LogP contribution in [0.5, 0.6) is 0 Å². The molecule has 1 saturated heterocycles. The molecule has 25 heteroatoms. The number of carboxylic acids is 1. The lowest BCUT2D eigenvalue weighted by Gasteiger charge is -2.23. The van der Waals surface area contributed by atoms with E-state index < -0.39 is 107 Å². The van der Waals surface area contributed by atoms with Crippen LogP contribution in [0.4, 0.5) is 5.82 Å². The molecule has 22 nitrogen and oxygen atoms in total. The van der Waals surface area contributed by atoms with Gasteiger partial charge in [0.05, 0.1) is 19.3 Å². The first-order valence-electron chi connectivity index (χ1n) is 27.5. The molecule has 1 fully saturated rings. The number of carbonyl (C=O) groups excluding carboxylic acids is 2. The number of nitrogen functional groups attached to an aromatic ring is 1. The summed E-state index contributed by atoms with van der Waals surface area (Å²) >= 11 is 1.12. The number of aromatic nitrogens is 2. The first kappa shape index (κ1) is 71.8. The quantitative estimate of drug-likeness (QED) is 0.00994. The molecule has 0 aromatic carbocycles. The Balaban J connectivity index is 2.05. The van der Waals surface area contributed by atoms with Crippen molar-refractivity contribution in [3.63, 3.8) is 0 Å². The van der Waals surface area contributed by atoms with Crippen molar-refractivity contribution in [1.82, 2.24) is 9.55 Å². The average Bonchev–Trinajstić information content (AvgIpc) is 3.82. The first-order valence-corrected chi connectivity index (χ1v) is 31.6. The van der Waals surface area contributed by atoms with E-state index in [0.717, 1.165) is 80.3 Å². The van der Waals surface area contributed by atoms with Gasteiger partial charge < -0.3 is 55.9 Å². The van der Waals surface area contributed by atoms with Crippen molar-refractivity contribution in [3.8, 4) is 0 Å². The van der Waals surface area contributed by atoms with E-state index in [1.807, 2.05) is 18.2 Å². The van der Waals surface area contributed by atoms with Crippen LogP contribution >= 0.6 is 27.4 Å². The highest BCUT2D eigenvalue weighted by atomic mass is 32.2. The number of hydrogen-bond donors (Lipinski definition) is 8. The van der Waals surface area contributed by atoms with Gasteiger partial charge in [-0.15, -0.1) is 11.8 Å². The van der Waals surface area contributed by atoms with Crippen LogP contribution < -0.4 is 17.2 Å². The summed E-state index contributed by atoms with van der Waals surface area (Å²) in [6, 6.07) is -0.0853. The molecule has 2 unspecified atom stereocenters. The second-order valence-electron chi connectivity index (χ2n) is 18.9. The summed E-state index contributed by atoms with van der Waals surface area (Å²) < 4.78 is 57.0. The van der Waals surface area contributed by atoms with Gasteiger partial charge in [0.1, 0.15) is 36.8 Å². The smallest absolute Gasteiger partial charge is 0.481 e. The minimum absolute atomic E-state index is 0.0823. The number of anilines is 1. The summed E-state index contributed by atoms with van der Waals surface area (Å²) in [5.74, 6) is -3.00. The van der Waals surface area contributed by atoms with Crippen LogP contribution in [0.1, 0.15) is 148 Å². The third-order valence-electron chi connectivity index (χ3n) is 11.9. The number of aliphatic hydroxyl groups is 3. The van der Waals surface area contributed by atoms with Gasteiger partial charge in [-0.05, 0) is 83.1 Å². The highest BCUT2D eigenvalue weighted by Gasteiger charge is 2.46. The maximum absolute atomic E-state index is 13.2. The Hall–Kier alpha value is -4.32. The zero-order valence-corrected chi connectivity index (χ0v) is 48.9. The van der Waals surface area contributed by atoms with Gasteiger partial charge in [0.25, 0.3) is 0 Å². The number of phosphoric acid groups is 2. The lowest BCUT2D eigenvalue weighted by molar-refractivity contribution is -0.161. The molecule has 1 aliphatic heterocycles. The normalized spacial score (nSPS) is 20.1. The number of ether oxygens (including phenoxy) is 3. The summed E-state index contributed by atoms with van der Waals surface area (Å²) in [4.78, 5) is 74.1. The number of carboxylic acid groups (broad SMARTS) is 1. The highest BCUT2D eigenvalue weighted by Crippen LogP contribution is 2.60. The molecule has 0 spiro atoms. The Morgan fingerprint density at radius 3 is 1.99 bits per heavy atom. The number of thioether (sulfide) groups is 1. The van der Waals surface area contributed by atoms with Gasteiger partial charge in [0, 0.05) is 30.0 Å². The SMILES string of the molecule is CCCCC/C=C\C\C=C/C=C/C=C/[C@@H](SC[C@H](N)C(=O)OC[C@H](COP(=O)(O)OP(=O)(O)OC[C@H]1O[C@@H](n2ccc(N)nc2=O)[C@H](O)[C@@H]1O)OC(=O)CCCCCC/C=C\C/C=C\C/C=C\CCCCC)[C@@H](O)CCCC(=O)O. The molecule has 1 aromatic rings. The van der Waals surface area contributed by atoms with E-state index in [0.29, 0.717) is 12.8 Å². The first-order chi connectivity index (χ1) is 38.3. The molecule has 1 aromatic heterocycles. The predicted octanol–water partition coefficient (Wildman–Crippen LogP) is 8.76. The van der Waals surface area contributed by atoms with E-state index in [1.165, 1.54) is 38.2 Å². The van der Waals surface area contributed by atoms with Crippen LogP contribution in [0.2, 0.25) is 0 Å².